The van der Waals surface area contributed by atoms with E-state index in [2.05, 4.69) is 11.6 Å². The number of rotatable bonds is 2. The molecule has 0 N–H and O–H groups in total. The van der Waals surface area contributed by atoms with Crippen molar-refractivity contribution in [3.8, 4) is 0 Å². The average molecular weight is 718 g/mol. The number of hydrogen-bond donors (Lipinski definition) is 0. The van der Waals surface area contributed by atoms with Crippen LogP contribution in [0.1, 0.15) is 0 Å². The summed E-state index contributed by atoms with van der Waals surface area (Å²) in [5.74, 6) is 4.80. The molecule has 5 heterocycles. The fourth-order valence-electron chi connectivity index (χ4n) is 2.16. The summed E-state index contributed by atoms with van der Waals surface area (Å²) in [5.41, 5.74) is 0. The van der Waals surface area contributed by atoms with Gasteiger partial charge in [0.2, 0.25) is 0 Å². The van der Waals surface area contributed by atoms with Crippen molar-refractivity contribution >= 4 is 130 Å². The second-order valence-corrected chi connectivity index (χ2v) is 23.8. The normalized spacial score (nSPS) is 25.5. The Morgan fingerprint density at radius 2 is 1.08 bits per heavy atom. The van der Waals surface area contributed by atoms with Crippen molar-refractivity contribution in [2.45, 2.75) is 11.6 Å². The van der Waals surface area contributed by atoms with Crippen molar-refractivity contribution in [1.29, 1.82) is 0 Å². The fourth-order valence-corrected chi connectivity index (χ4v) is 29.3. The van der Waals surface area contributed by atoms with Crippen LogP contribution < -0.4 is 0 Å². The first-order chi connectivity index (χ1) is 12.7. The molecule has 5 rings (SSSR count). The Balaban J connectivity index is 1.27. The van der Waals surface area contributed by atoms with Gasteiger partial charge in [0.15, 0.2) is 0 Å². The van der Waals surface area contributed by atoms with E-state index in [1.807, 2.05) is 57.2 Å². The summed E-state index contributed by atoms with van der Waals surface area (Å²) in [6, 6.07) is 0. The van der Waals surface area contributed by atoms with Gasteiger partial charge in [-0.3, -0.25) is 0 Å². The van der Waals surface area contributed by atoms with Crippen LogP contribution in [0, 0.1) is 0 Å². The first kappa shape index (κ1) is 20.4. The molecule has 0 aromatic rings. The number of thioether (sulfide) groups is 6. The van der Waals surface area contributed by atoms with Gasteiger partial charge >= 0.3 is 206 Å². The summed E-state index contributed by atoms with van der Waals surface area (Å²) in [6.07, 6.45) is 0. The molecule has 0 fully saturated rings. The molecule has 12 heteroatoms. The molecule has 5 aliphatic heterocycles. The van der Waals surface area contributed by atoms with Crippen LogP contribution in [0.3, 0.4) is 0 Å². The number of ether oxygens (including phenoxy) is 2. The van der Waals surface area contributed by atoms with Crippen LogP contribution in [0.15, 0.2) is 41.5 Å². The second kappa shape index (κ2) is 8.92. The van der Waals surface area contributed by atoms with E-state index in [9.17, 15) is 0 Å². The van der Waals surface area contributed by atoms with E-state index in [0.29, 0.717) is 43.1 Å². The summed E-state index contributed by atoms with van der Waals surface area (Å²) in [5, 5.41) is 1.93. The predicted molar refractivity (Wildman–Crippen MR) is 127 cm³/mol. The van der Waals surface area contributed by atoms with E-state index in [-0.39, 0.29) is 0 Å². The monoisotopic (exact) mass is 722 g/mol. The Bertz CT molecular complexity index is 738. The third-order valence-electron chi connectivity index (χ3n) is 3.24. The van der Waals surface area contributed by atoms with Crippen molar-refractivity contribution in [3.05, 3.63) is 41.5 Å². The molecule has 0 aromatic carbocycles. The predicted octanol–water partition coefficient (Wildman–Crippen LogP) is 5.03. The third kappa shape index (κ3) is 4.01. The number of hydrogen-bond acceptors (Lipinski definition) is 8. The Labute approximate surface area is 203 Å². The minimum atomic E-state index is 0.655. The maximum atomic E-state index is 5.73. The fraction of sp³-hybridized carbons (Fsp3) is 0.286. The molecule has 5 aliphatic rings. The molecule has 0 atom stereocenters. The molecule has 0 saturated heterocycles. The molecule has 0 bridgehead atoms. The first-order valence-corrected chi connectivity index (χ1v) is 20.7. The van der Waals surface area contributed by atoms with Gasteiger partial charge < -0.3 is 0 Å². The Kier molecular flexibility index (Phi) is 6.99. The Morgan fingerprint density at radius 1 is 0.654 bits per heavy atom. The molecule has 0 aliphatic carbocycles. The summed E-state index contributed by atoms with van der Waals surface area (Å²) >= 11 is 14.2. The van der Waals surface area contributed by atoms with Gasteiger partial charge in [0.05, 0.1) is 0 Å². The standard InChI is InChI=1S/C14H10O2S6Se4/c1-23-13-14(24-2)26-12(25-13)11-21-9-10(22-11)20-8(19-9)7-17-5-6(18-7)16-4-3-15-5/h3-4H2,1-2H3. The van der Waals surface area contributed by atoms with Crippen LogP contribution in [0.4, 0.5) is 0 Å². The van der Waals surface area contributed by atoms with E-state index in [1.54, 1.807) is 27.8 Å². The van der Waals surface area contributed by atoms with Crippen molar-refractivity contribution in [3.63, 3.8) is 0 Å². The van der Waals surface area contributed by atoms with E-state index in [0.717, 1.165) is 40.1 Å². The van der Waals surface area contributed by atoms with Gasteiger partial charge in [-0.15, -0.1) is 0 Å². The molecular weight excluding hydrogens is 708 g/mol. The summed E-state index contributed by atoms with van der Waals surface area (Å²) < 4.78 is 24.4. The van der Waals surface area contributed by atoms with Crippen LogP contribution in [0.5, 0.6) is 0 Å². The van der Waals surface area contributed by atoms with E-state index in [4.69, 9.17) is 9.47 Å². The van der Waals surface area contributed by atoms with E-state index >= 15 is 0 Å². The van der Waals surface area contributed by atoms with E-state index in [1.165, 1.54) is 16.9 Å². The van der Waals surface area contributed by atoms with Gasteiger partial charge in [-0.2, -0.15) is 0 Å². The third-order valence-corrected chi connectivity index (χ3v) is 28.5. The zero-order valence-corrected chi connectivity index (χ0v) is 25.1. The second-order valence-electron chi connectivity index (χ2n) is 4.80. The topological polar surface area (TPSA) is 18.5 Å². The molecular formula is C14H10O2S6Se4. The molecule has 0 amide bonds. The van der Waals surface area contributed by atoms with Gasteiger partial charge in [-0.25, -0.2) is 0 Å². The zero-order valence-electron chi connectivity index (χ0n) is 13.3. The maximum absolute atomic E-state index is 5.73. The summed E-state index contributed by atoms with van der Waals surface area (Å²) in [7, 11) is 0. The molecule has 0 unspecified atom stereocenters. The molecule has 0 spiro atoms. The van der Waals surface area contributed by atoms with Gasteiger partial charge in [-0.05, 0) is 0 Å². The first-order valence-electron chi connectivity index (χ1n) is 7.23. The molecule has 0 aromatic heterocycles. The molecule has 0 radical (unpaired) electrons. The Morgan fingerprint density at radius 3 is 1.54 bits per heavy atom. The SMILES string of the molecule is C[Se]C1=C([Se]C)[Se]C(=C2SC3=C(SC(=C4SC5=C(OCCO5)S4)S3)S2)[Se]1. The van der Waals surface area contributed by atoms with Crippen molar-refractivity contribution in [1.82, 2.24) is 0 Å². The van der Waals surface area contributed by atoms with Crippen LogP contribution in [0.2, 0.25) is 11.6 Å². The molecule has 26 heavy (non-hydrogen) atoms. The average Bonchev–Trinajstić information content (AvgIpc) is 3.39. The van der Waals surface area contributed by atoms with Crippen LogP contribution >= 0.6 is 70.6 Å². The Hall–Kier alpha value is 2.48. The van der Waals surface area contributed by atoms with E-state index < -0.39 is 0 Å². The van der Waals surface area contributed by atoms with Crippen molar-refractivity contribution in [2.75, 3.05) is 13.2 Å². The van der Waals surface area contributed by atoms with Crippen molar-refractivity contribution < 1.29 is 9.47 Å². The van der Waals surface area contributed by atoms with Gasteiger partial charge in [-0.1, -0.05) is 0 Å². The van der Waals surface area contributed by atoms with Gasteiger partial charge in [0, 0.05) is 0 Å². The van der Waals surface area contributed by atoms with Crippen LogP contribution in [-0.4, -0.2) is 73.0 Å². The van der Waals surface area contributed by atoms with Crippen LogP contribution in [0.25, 0.3) is 0 Å². The summed E-state index contributed by atoms with van der Waals surface area (Å²) in [6.45, 7) is 1.35. The quantitative estimate of drug-likeness (QED) is 0.366. The molecule has 0 saturated carbocycles. The zero-order chi connectivity index (χ0) is 17.7. The van der Waals surface area contributed by atoms with Crippen molar-refractivity contribution in [2.24, 2.45) is 0 Å². The van der Waals surface area contributed by atoms with Gasteiger partial charge in [0.25, 0.3) is 0 Å². The summed E-state index contributed by atoms with van der Waals surface area (Å²) in [4.78, 5) is 0. The molecule has 2 nitrogen and oxygen atoms in total. The molecule has 138 valence electrons. The van der Waals surface area contributed by atoms with Gasteiger partial charge in [0.1, 0.15) is 0 Å². The van der Waals surface area contributed by atoms with Crippen LogP contribution in [-0.2, 0) is 9.47 Å². The minimum absolute atomic E-state index is 0.655.